The van der Waals surface area contributed by atoms with E-state index in [0.717, 1.165) is 30.9 Å². The van der Waals surface area contributed by atoms with E-state index < -0.39 is 5.91 Å². The molecular formula is C20H26N4O2. The van der Waals surface area contributed by atoms with E-state index in [2.05, 4.69) is 39.9 Å². The summed E-state index contributed by atoms with van der Waals surface area (Å²) in [5.41, 5.74) is 7.45. The average Bonchev–Trinajstić information content (AvgIpc) is 2.67. The maximum atomic E-state index is 10.8. The first-order valence-electron chi connectivity index (χ1n) is 8.66. The fourth-order valence-electron chi connectivity index (χ4n) is 2.45. The molecule has 0 aliphatic heterocycles. The van der Waals surface area contributed by atoms with Crippen molar-refractivity contribution in [2.75, 3.05) is 20.2 Å². The minimum absolute atomic E-state index is 0.123. The number of carbonyl (C=O) groups is 1. The summed E-state index contributed by atoms with van der Waals surface area (Å²) < 4.78 is 5.31. The molecule has 138 valence electrons. The summed E-state index contributed by atoms with van der Waals surface area (Å²) in [4.78, 5) is 15.0. The molecule has 6 heteroatoms. The Morgan fingerprint density at radius 2 is 1.85 bits per heavy atom. The Bertz CT molecular complexity index is 717. The van der Waals surface area contributed by atoms with Crippen LogP contribution in [0.25, 0.3) is 0 Å². The van der Waals surface area contributed by atoms with Crippen molar-refractivity contribution in [2.24, 2.45) is 10.7 Å². The van der Waals surface area contributed by atoms with Crippen LogP contribution in [0.1, 0.15) is 17.5 Å². The highest BCUT2D eigenvalue weighted by atomic mass is 16.5. The minimum Gasteiger partial charge on any atom is -0.484 e. The predicted octanol–water partition coefficient (Wildman–Crippen LogP) is 1.85. The third kappa shape index (κ3) is 7.25. The Morgan fingerprint density at radius 1 is 1.08 bits per heavy atom. The van der Waals surface area contributed by atoms with Crippen molar-refractivity contribution in [1.29, 1.82) is 0 Å². The lowest BCUT2D eigenvalue weighted by Gasteiger charge is -2.12. The SMILES string of the molecule is CN=C(NCCCc1ccccc1)NCc1cccc(OCC(N)=O)c1. The Labute approximate surface area is 154 Å². The molecule has 0 bridgehead atoms. The lowest BCUT2D eigenvalue weighted by molar-refractivity contribution is -0.119. The second kappa shape index (κ2) is 10.8. The Kier molecular flexibility index (Phi) is 7.99. The van der Waals surface area contributed by atoms with Gasteiger partial charge in [-0.3, -0.25) is 9.79 Å². The van der Waals surface area contributed by atoms with Crippen molar-refractivity contribution in [3.8, 4) is 5.75 Å². The van der Waals surface area contributed by atoms with Crippen LogP contribution < -0.4 is 21.1 Å². The van der Waals surface area contributed by atoms with Gasteiger partial charge in [0.05, 0.1) is 0 Å². The smallest absolute Gasteiger partial charge is 0.255 e. The van der Waals surface area contributed by atoms with Crippen molar-refractivity contribution in [1.82, 2.24) is 10.6 Å². The molecule has 0 atom stereocenters. The molecule has 2 aromatic rings. The largest absolute Gasteiger partial charge is 0.484 e. The van der Waals surface area contributed by atoms with Gasteiger partial charge in [-0.25, -0.2) is 0 Å². The number of rotatable bonds is 9. The standard InChI is InChI=1S/C20H26N4O2/c1-22-20(23-12-6-10-16-7-3-2-4-8-16)24-14-17-9-5-11-18(13-17)26-15-19(21)25/h2-5,7-9,11,13H,6,10,12,14-15H2,1H3,(H2,21,25)(H2,22,23,24). The first kappa shape index (κ1) is 19.3. The van der Waals surface area contributed by atoms with Crippen molar-refractivity contribution < 1.29 is 9.53 Å². The van der Waals surface area contributed by atoms with Gasteiger partial charge in [-0.05, 0) is 36.1 Å². The second-order valence-electron chi connectivity index (χ2n) is 5.84. The molecule has 0 radical (unpaired) electrons. The Morgan fingerprint density at radius 3 is 2.58 bits per heavy atom. The number of amides is 1. The molecule has 1 amide bonds. The molecule has 2 rings (SSSR count). The summed E-state index contributed by atoms with van der Waals surface area (Å²) in [6, 6.07) is 18.0. The van der Waals surface area contributed by atoms with E-state index in [9.17, 15) is 4.79 Å². The lowest BCUT2D eigenvalue weighted by Crippen LogP contribution is -2.37. The number of nitrogens with one attached hydrogen (secondary N) is 2. The van der Waals surface area contributed by atoms with Gasteiger partial charge in [0.2, 0.25) is 0 Å². The van der Waals surface area contributed by atoms with Crippen molar-refractivity contribution >= 4 is 11.9 Å². The number of aryl methyl sites for hydroxylation is 1. The van der Waals surface area contributed by atoms with Crippen LogP contribution in [0.4, 0.5) is 0 Å². The topological polar surface area (TPSA) is 88.7 Å². The monoisotopic (exact) mass is 354 g/mol. The van der Waals surface area contributed by atoms with Gasteiger partial charge in [-0.15, -0.1) is 0 Å². The van der Waals surface area contributed by atoms with Gasteiger partial charge in [0.1, 0.15) is 5.75 Å². The molecule has 4 N–H and O–H groups in total. The van der Waals surface area contributed by atoms with Gasteiger partial charge in [-0.2, -0.15) is 0 Å². The molecule has 26 heavy (non-hydrogen) atoms. The first-order valence-corrected chi connectivity index (χ1v) is 8.66. The quantitative estimate of drug-likeness (QED) is 0.364. The van der Waals surface area contributed by atoms with Gasteiger partial charge in [0.25, 0.3) is 5.91 Å². The lowest BCUT2D eigenvalue weighted by atomic mass is 10.1. The molecular weight excluding hydrogens is 328 g/mol. The van der Waals surface area contributed by atoms with E-state index in [1.54, 1.807) is 13.1 Å². The van der Waals surface area contributed by atoms with Crippen molar-refractivity contribution in [3.05, 3.63) is 65.7 Å². The Hall–Kier alpha value is -3.02. The first-order chi connectivity index (χ1) is 12.7. The molecule has 0 aliphatic rings. The molecule has 0 unspecified atom stereocenters. The number of benzene rings is 2. The molecule has 0 aromatic heterocycles. The highest BCUT2D eigenvalue weighted by molar-refractivity contribution is 5.79. The van der Waals surface area contributed by atoms with Gasteiger partial charge in [0.15, 0.2) is 12.6 Å². The highest BCUT2D eigenvalue weighted by Gasteiger charge is 2.02. The van der Waals surface area contributed by atoms with Crippen LogP contribution in [0.15, 0.2) is 59.6 Å². The van der Waals surface area contributed by atoms with Gasteiger partial charge < -0.3 is 21.1 Å². The minimum atomic E-state index is -0.492. The molecule has 0 saturated carbocycles. The number of carbonyl (C=O) groups excluding carboxylic acids is 1. The van der Waals surface area contributed by atoms with Crippen LogP contribution in [0.2, 0.25) is 0 Å². The third-order valence-corrected chi connectivity index (χ3v) is 3.74. The predicted molar refractivity (Wildman–Crippen MR) is 104 cm³/mol. The van der Waals surface area contributed by atoms with E-state index in [4.69, 9.17) is 10.5 Å². The number of guanidine groups is 1. The summed E-state index contributed by atoms with van der Waals surface area (Å²) in [6.07, 6.45) is 2.06. The third-order valence-electron chi connectivity index (χ3n) is 3.74. The summed E-state index contributed by atoms with van der Waals surface area (Å²) in [5, 5.41) is 6.58. The maximum Gasteiger partial charge on any atom is 0.255 e. The molecule has 0 heterocycles. The second-order valence-corrected chi connectivity index (χ2v) is 5.84. The van der Waals surface area contributed by atoms with E-state index in [1.807, 2.05) is 24.3 Å². The fourth-order valence-corrected chi connectivity index (χ4v) is 2.45. The van der Waals surface area contributed by atoms with Crippen molar-refractivity contribution in [3.63, 3.8) is 0 Å². The highest BCUT2D eigenvalue weighted by Crippen LogP contribution is 2.13. The van der Waals surface area contributed by atoms with E-state index >= 15 is 0 Å². The zero-order chi connectivity index (χ0) is 18.6. The normalized spacial score (nSPS) is 11.0. The molecule has 0 aliphatic carbocycles. The number of nitrogens with zero attached hydrogens (tertiary/aromatic N) is 1. The summed E-state index contributed by atoms with van der Waals surface area (Å²) in [5.74, 6) is 0.879. The number of hydrogen-bond donors (Lipinski definition) is 3. The van der Waals surface area contributed by atoms with E-state index in [0.29, 0.717) is 12.3 Å². The number of nitrogens with two attached hydrogens (primary N) is 1. The summed E-state index contributed by atoms with van der Waals surface area (Å²) in [7, 11) is 1.75. The maximum absolute atomic E-state index is 10.8. The molecule has 0 fully saturated rings. The van der Waals surface area contributed by atoms with Gasteiger partial charge in [-0.1, -0.05) is 42.5 Å². The molecule has 0 spiro atoms. The number of aliphatic imine (C=N–C) groups is 1. The fraction of sp³-hybridized carbons (Fsp3) is 0.300. The van der Waals surface area contributed by atoms with Gasteiger partial charge >= 0.3 is 0 Å². The van der Waals surface area contributed by atoms with Crippen LogP contribution in [-0.2, 0) is 17.8 Å². The number of ether oxygens (including phenoxy) is 1. The van der Waals surface area contributed by atoms with Crippen LogP contribution in [-0.4, -0.2) is 32.1 Å². The zero-order valence-electron chi connectivity index (χ0n) is 15.1. The van der Waals surface area contributed by atoms with Crippen LogP contribution in [0.3, 0.4) is 0 Å². The Balaban J connectivity index is 1.72. The zero-order valence-corrected chi connectivity index (χ0v) is 15.1. The molecule has 6 nitrogen and oxygen atoms in total. The van der Waals surface area contributed by atoms with Crippen molar-refractivity contribution in [2.45, 2.75) is 19.4 Å². The average molecular weight is 354 g/mol. The summed E-state index contributed by atoms with van der Waals surface area (Å²) in [6.45, 7) is 1.32. The van der Waals surface area contributed by atoms with Crippen LogP contribution in [0.5, 0.6) is 5.75 Å². The number of primary amides is 1. The number of hydrogen-bond acceptors (Lipinski definition) is 3. The van der Waals surface area contributed by atoms with Crippen LogP contribution in [0, 0.1) is 0 Å². The molecule has 0 saturated heterocycles. The van der Waals surface area contributed by atoms with E-state index in [1.165, 1.54) is 5.56 Å². The van der Waals surface area contributed by atoms with E-state index in [-0.39, 0.29) is 6.61 Å². The van der Waals surface area contributed by atoms with Crippen LogP contribution >= 0.6 is 0 Å². The summed E-state index contributed by atoms with van der Waals surface area (Å²) >= 11 is 0. The molecule has 2 aromatic carbocycles. The van der Waals surface area contributed by atoms with Gasteiger partial charge in [0, 0.05) is 20.1 Å².